The predicted molar refractivity (Wildman–Crippen MR) is 127 cm³/mol. The summed E-state index contributed by atoms with van der Waals surface area (Å²) in [6.45, 7) is 4.37. The number of likely N-dealkylation sites (tertiary alicyclic amines) is 1. The van der Waals surface area contributed by atoms with Crippen LogP contribution >= 0.6 is 22.7 Å². The normalized spacial score (nSPS) is 18.8. The molecule has 0 bridgehead atoms. The SMILES string of the molecule is CCOC(=O)c1c(-c2cccs2)csc1NC(=O)CN1CCCC(C(=O)NCC2CC2)C1. The maximum atomic E-state index is 12.8. The van der Waals surface area contributed by atoms with Gasteiger partial charge in [0.25, 0.3) is 0 Å². The van der Waals surface area contributed by atoms with Crippen LogP contribution in [0.4, 0.5) is 5.00 Å². The molecule has 32 heavy (non-hydrogen) atoms. The van der Waals surface area contributed by atoms with Gasteiger partial charge in [-0.15, -0.1) is 22.7 Å². The van der Waals surface area contributed by atoms with E-state index in [-0.39, 0.29) is 30.9 Å². The molecule has 1 aliphatic carbocycles. The molecule has 3 heterocycles. The zero-order chi connectivity index (χ0) is 22.5. The summed E-state index contributed by atoms with van der Waals surface area (Å²) in [7, 11) is 0. The second-order valence-electron chi connectivity index (χ2n) is 8.36. The third-order valence-electron chi connectivity index (χ3n) is 5.82. The number of hydrogen-bond acceptors (Lipinski definition) is 7. The molecule has 2 amide bonds. The summed E-state index contributed by atoms with van der Waals surface area (Å²) < 4.78 is 5.25. The number of thiophene rings is 2. The minimum Gasteiger partial charge on any atom is -0.462 e. The Hall–Kier alpha value is -2.23. The summed E-state index contributed by atoms with van der Waals surface area (Å²) in [5, 5.41) is 10.3. The van der Waals surface area contributed by atoms with Crippen molar-refractivity contribution in [3.05, 3.63) is 28.5 Å². The Morgan fingerprint density at radius 1 is 1.22 bits per heavy atom. The van der Waals surface area contributed by atoms with E-state index in [1.54, 1.807) is 6.92 Å². The minimum atomic E-state index is -0.433. The fourth-order valence-corrected chi connectivity index (χ4v) is 5.75. The lowest BCUT2D eigenvalue weighted by Crippen LogP contribution is -2.45. The Labute approximate surface area is 196 Å². The van der Waals surface area contributed by atoms with Crippen molar-refractivity contribution in [3.63, 3.8) is 0 Å². The summed E-state index contributed by atoms with van der Waals surface area (Å²) >= 11 is 2.87. The molecule has 1 atom stereocenters. The van der Waals surface area contributed by atoms with E-state index in [9.17, 15) is 14.4 Å². The van der Waals surface area contributed by atoms with E-state index >= 15 is 0 Å². The zero-order valence-electron chi connectivity index (χ0n) is 18.2. The maximum Gasteiger partial charge on any atom is 0.341 e. The first-order chi connectivity index (χ1) is 15.5. The monoisotopic (exact) mass is 475 g/mol. The molecule has 0 aromatic carbocycles. The van der Waals surface area contributed by atoms with E-state index in [4.69, 9.17) is 4.74 Å². The number of ether oxygens (including phenoxy) is 1. The number of esters is 1. The van der Waals surface area contributed by atoms with E-state index < -0.39 is 5.97 Å². The van der Waals surface area contributed by atoms with E-state index in [2.05, 4.69) is 10.6 Å². The molecule has 0 spiro atoms. The van der Waals surface area contributed by atoms with Crippen molar-refractivity contribution in [3.8, 4) is 10.4 Å². The highest BCUT2D eigenvalue weighted by molar-refractivity contribution is 7.17. The van der Waals surface area contributed by atoms with Crippen molar-refractivity contribution in [1.82, 2.24) is 10.2 Å². The number of rotatable bonds is 9. The van der Waals surface area contributed by atoms with Crippen LogP contribution in [0.2, 0.25) is 0 Å². The van der Waals surface area contributed by atoms with Crippen LogP contribution in [0.15, 0.2) is 22.9 Å². The number of nitrogens with one attached hydrogen (secondary N) is 2. The number of piperidine rings is 1. The van der Waals surface area contributed by atoms with Crippen LogP contribution in [0, 0.1) is 11.8 Å². The Bertz CT molecular complexity index is 953. The molecule has 0 radical (unpaired) electrons. The predicted octanol–water partition coefficient (Wildman–Crippen LogP) is 3.83. The molecule has 2 N–H and O–H groups in total. The summed E-state index contributed by atoms with van der Waals surface area (Å²) in [6.07, 6.45) is 4.17. The van der Waals surface area contributed by atoms with Crippen LogP contribution < -0.4 is 10.6 Å². The molecule has 172 valence electrons. The largest absolute Gasteiger partial charge is 0.462 e. The minimum absolute atomic E-state index is 0.0717. The van der Waals surface area contributed by atoms with Crippen LogP contribution in [-0.4, -0.2) is 55.5 Å². The molecule has 9 heteroatoms. The number of carbonyl (C=O) groups excluding carboxylic acids is 3. The Kier molecular flexibility index (Phi) is 7.59. The van der Waals surface area contributed by atoms with Crippen LogP contribution in [0.3, 0.4) is 0 Å². The summed E-state index contributed by atoms with van der Waals surface area (Å²) in [5.74, 6) is 0.0675. The molecule has 2 fully saturated rings. The average Bonchev–Trinajstić information content (AvgIpc) is 3.27. The average molecular weight is 476 g/mol. The highest BCUT2D eigenvalue weighted by Gasteiger charge is 2.29. The maximum absolute atomic E-state index is 12.8. The molecule has 2 aromatic rings. The van der Waals surface area contributed by atoms with E-state index in [0.717, 1.165) is 36.4 Å². The van der Waals surface area contributed by atoms with Gasteiger partial charge in [0.2, 0.25) is 11.8 Å². The van der Waals surface area contributed by atoms with Crippen molar-refractivity contribution in [2.24, 2.45) is 11.8 Å². The molecule has 2 aliphatic rings. The molecule has 1 unspecified atom stereocenters. The van der Waals surface area contributed by atoms with Crippen molar-refractivity contribution >= 4 is 45.5 Å². The number of amides is 2. The van der Waals surface area contributed by atoms with E-state index in [1.165, 1.54) is 35.5 Å². The number of anilines is 1. The summed E-state index contributed by atoms with van der Waals surface area (Å²) in [4.78, 5) is 40.9. The Balaban J connectivity index is 1.38. The second kappa shape index (κ2) is 10.6. The van der Waals surface area contributed by atoms with Gasteiger partial charge in [0.1, 0.15) is 10.6 Å². The molecular weight excluding hydrogens is 446 g/mol. The van der Waals surface area contributed by atoms with Gasteiger partial charge in [-0.2, -0.15) is 0 Å². The number of carbonyl (C=O) groups is 3. The van der Waals surface area contributed by atoms with Crippen LogP contribution in [0.25, 0.3) is 10.4 Å². The van der Waals surface area contributed by atoms with Gasteiger partial charge in [-0.3, -0.25) is 14.5 Å². The van der Waals surface area contributed by atoms with Crippen LogP contribution in [0.1, 0.15) is 43.0 Å². The number of hydrogen-bond donors (Lipinski definition) is 2. The van der Waals surface area contributed by atoms with Crippen molar-refractivity contribution < 1.29 is 19.1 Å². The first-order valence-corrected chi connectivity index (χ1v) is 12.9. The molecule has 1 aliphatic heterocycles. The quantitative estimate of drug-likeness (QED) is 0.538. The Morgan fingerprint density at radius 2 is 2.06 bits per heavy atom. The first-order valence-electron chi connectivity index (χ1n) is 11.2. The van der Waals surface area contributed by atoms with Gasteiger partial charge in [0, 0.05) is 28.9 Å². The van der Waals surface area contributed by atoms with Gasteiger partial charge in [0.15, 0.2) is 0 Å². The highest BCUT2D eigenvalue weighted by Crippen LogP contribution is 2.38. The molecule has 4 rings (SSSR count). The molecule has 1 saturated heterocycles. The molecule has 1 saturated carbocycles. The van der Waals surface area contributed by atoms with Gasteiger partial charge >= 0.3 is 5.97 Å². The van der Waals surface area contributed by atoms with E-state index in [1.807, 2.05) is 27.8 Å². The second-order valence-corrected chi connectivity index (χ2v) is 10.2. The standard InChI is InChI=1S/C23H29N3O4S2/c1-2-30-23(29)20-17(18-6-4-10-31-18)14-32-22(20)25-19(27)13-26-9-3-5-16(12-26)21(28)24-11-15-7-8-15/h4,6,10,14-16H,2-3,5,7-9,11-13H2,1H3,(H,24,28)(H,25,27). The van der Waals surface area contributed by atoms with Gasteiger partial charge in [-0.1, -0.05) is 6.07 Å². The number of nitrogens with zero attached hydrogens (tertiary/aromatic N) is 1. The third kappa shape index (κ3) is 5.76. The van der Waals surface area contributed by atoms with Crippen LogP contribution in [0.5, 0.6) is 0 Å². The lowest BCUT2D eigenvalue weighted by Gasteiger charge is -2.31. The van der Waals surface area contributed by atoms with Gasteiger partial charge in [-0.25, -0.2) is 4.79 Å². The lowest BCUT2D eigenvalue weighted by molar-refractivity contribution is -0.128. The Morgan fingerprint density at radius 3 is 2.78 bits per heavy atom. The first kappa shape index (κ1) is 22.9. The van der Waals surface area contributed by atoms with Gasteiger partial charge in [0.05, 0.1) is 19.1 Å². The topological polar surface area (TPSA) is 87.7 Å². The van der Waals surface area contributed by atoms with Gasteiger partial charge in [-0.05, 0) is 56.5 Å². The summed E-state index contributed by atoms with van der Waals surface area (Å²) in [6, 6.07) is 3.88. The third-order valence-corrected chi connectivity index (χ3v) is 7.61. The highest BCUT2D eigenvalue weighted by atomic mass is 32.1. The van der Waals surface area contributed by atoms with Crippen molar-refractivity contribution in [1.29, 1.82) is 0 Å². The zero-order valence-corrected chi connectivity index (χ0v) is 19.9. The van der Waals surface area contributed by atoms with Crippen LogP contribution in [-0.2, 0) is 14.3 Å². The molecular formula is C23H29N3O4S2. The fourth-order valence-electron chi connectivity index (χ4n) is 3.96. The molecule has 2 aromatic heterocycles. The molecule has 7 nitrogen and oxygen atoms in total. The smallest absolute Gasteiger partial charge is 0.341 e. The van der Waals surface area contributed by atoms with Crippen molar-refractivity contribution in [2.45, 2.75) is 32.6 Å². The fraction of sp³-hybridized carbons (Fsp3) is 0.522. The van der Waals surface area contributed by atoms with E-state index in [0.29, 0.717) is 23.0 Å². The van der Waals surface area contributed by atoms with Gasteiger partial charge < -0.3 is 15.4 Å². The lowest BCUT2D eigenvalue weighted by atomic mass is 9.97. The van der Waals surface area contributed by atoms with Crippen molar-refractivity contribution in [2.75, 3.05) is 38.1 Å². The summed E-state index contributed by atoms with van der Waals surface area (Å²) in [5.41, 5.74) is 1.19.